The van der Waals surface area contributed by atoms with Gasteiger partial charge in [0.15, 0.2) is 12.6 Å². The summed E-state index contributed by atoms with van der Waals surface area (Å²) in [5.41, 5.74) is 4.46. The molecule has 1 amide bonds. The Morgan fingerprint density at radius 3 is 2.20 bits per heavy atom. The molecule has 4 heterocycles. The van der Waals surface area contributed by atoms with Crippen LogP contribution in [0, 0.1) is 5.92 Å². The highest BCUT2D eigenvalue weighted by atomic mass is 16.5. The van der Waals surface area contributed by atoms with Crippen LogP contribution in [0.2, 0.25) is 0 Å². The number of anilines is 1. The van der Waals surface area contributed by atoms with Gasteiger partial charge in [-0.15, -0.1) is 0 Å². The van der Waals surface area contributed by atoms with Gasteiger partial charge in [-0.05, 0) is 34.7 Å². The molecule has 4 aliphatic rings. The van der Waals surface area contributed by atoms with Crippen molar-refractivity contribution in [3.63, 3.8) is 0 Å². The lowest BCUT2D eigenvalue weighted by Gasteiger charge is -2.51. The third-order valence-corrected chi connectivity index (χ3v) is 7.95. The average Bonchev–Trinajstić information content (AvgIpc) is 2.88. The van der Waals surface area contributed by atoms with E-state index in [0.717, 1.165) is 43.5 Å². The van der Waals surface area contributed by atoms with Crippen molar-refractivity contribution in [3.05, 3.63) is 89.2 Å². The quantitative estimate of drug-likeness (QED) is 0.458. The molecule has 1 aliphatic carbocycles. The van der Waals surface area contributed by atoms with E-state index in [4.69, 9.17) is 4.74 Å². The first-order chi connectivity index (χ1) is 17.1. The number of fused-ring (bicyclic) bond motifs is 5. The van der Waals surface area contributed by atoms with Crippen molar-refractivity contribution in [1.29, 1.82) is 0 Å². The number of carbonyl (C=O) groups excluding carboxylic acids is 2. The minimum atomic E-state index is -0.404. The van der Waals surface area contributed by atoms with Crippen molar-refractivity contribution in [2.45, 2.75) is 31.3 Å². The third-order valence-electron chi connectivity index (χ3n) is 7.95. The van der Waals surface area contributed by atoms with Crippen LogP contribution in [0.25, 0.3) is 0 Å². The summed E-state index contributed by atoms with van der Waals surface area (Å²) in [6.45, 7) is 2.87. The van der Waals surface area contributed by atoms with E-state index >= 15 is 0 Å². The molecule has 2 aromatic carbocycles. The molecule has 35 heavy (non-hydrogen) atoms. The highest BCUT2D eigenvalue weighted by molar-refractivity contribution is 5.89. The number of nitrogens with zero attached hydrogens (tertiary/aromatic N) is 3. The first-order valence-electron chi connectivity index (χ1n) is 12.4. The maximum Gasteiger partial charge on any atom is 0.318 e. The zero-order valence-electron chi connectivity index (χ0n) is 19.6. The van der Waals surface area contributed by atoms with Crippen LogP contribution in [-0.2, 0) is 20.7 Å². The van der Waals surface area contributed by atoms with E-state index < -0.39 is 5.92 Å². The molecule has 1 atom stereocenters. The molecule has 3 saturated heterocycles. The fourth-order valence-electron chi connectivity index (χ4n) is 6.21. The first-order valence-corrected chi connectivity index (χ1v) is 12.4. The molecule has 3 aliphatic heterocycles. The number of amides is 1. The summed E-state index contributed by atoms with van der Waals surface area (Å²) in [5.74, 6) is -0.00673. The number of quaternary nitrogens is 1. The second-order valence-electron chi connectivity index (χ2n) is 10.1. The zero-order valence-corrected chi connectivity index (χ0v) is 19.6. The summed E-state index contributed by atoms with van der Waals surface area (Å²) in [5, 5.41) is 2.81. The fraction of sp³-hybridized carbons (Fsp3) is 0.357. The van der Waals surface area contributed by atoms with E-state index in [1.807, 2.05) is 24.3 Å². The van der Waals surface area contributed by atoms with Crippen molar-refractivity contribution in [3.8, 4) is 0 Å². The lowest BCUT2D eigenvalue weighted by atomic mass is 9.78. The highest BCUT2D eigenvalue weighted by Gasteiger charge is 2.49. The van der Waals surface area contributed by atoms with Gasteiger partial charge in [0.25, 0.3) is 5.91 Å². The Bertz CT molecular complexity index is 1210. The SMILES string of the molecule is O=C(C[N+]12CCC(CC1)[C@@H](OC(=O)C1c3ccccc3Cc3ccccc31)C2)Nc1ncccn1. The number of carbonyl (C=O) groups is 2. The number of aromatic nitrogens is 2. The van der Waals surface area contributed by atoms with Gasteiger partial charge in [0.1, 0.15) is 12.5 Å². The van der Waals surface area contributed by atoms with Gasteiger partial charge in [0.2, 0.25) is 5.95 Å². The number of benzene rings is 2. The van der Waals surface area contributed by atoms with Gasteiger partial charge in [-0.2, -0.15) is 0 Å². The number of hydrogen-bond donors (Lipinski definition) is 1. The molecule has 0 spiro atoms. The molecule has 178 valence electrons. The number of hydrogen-bond acceptors (Lipinski definition) is 5. The molecule has 7 heteroatoms. The smallest absolute Gasteiger partial charge is 0.318 e. The lowest BCUT2D eigenvalue weighted by molar-refractivity contribution is -0.938. The summed E-state index contributed by atoms with van der Waals surface area (Å²) < 4.78 is 6.94. The third kappa shape index (κ3) is 4.21. The Kier molecular flexibility index (Phi) is 5.57. The Morgan fingerprint density at radius 2 is 1.54 bits per heavy atom. The number of piperidine rings is 3. The second kappa shape index (κ2) is 8.89. The Hall–Kier alpha value is -3.58. The van der Waals surface area contributed by atoms with Crippen LogP contribution in [0.4, 0.5) is 5.95 Å². The predicted octanol–water partition coefficient (Wildman–Crippen LogP) is 3.30. The maximum absolute atomic E-state index is 13.7. The largest absolute Gasteiger partial charge is 0.455 e. The fourth-order valence-corrected chi connectivity index (χ4v) is 6.21. The monoisotopic (exact) mass is 469 g/mol. The van der Waals surface area contributed by atoms with E-state index in [1.165, 1.54) is 11.1 Å². The Labute approximate surface area is 204 Å². The standard InChI is InChI=1S/C28H28N4O3/c33-25(31-28-29-12-5-13-30-28)18-32-14-10-19(11-15-32)24(17-32)35-27(34)26-22-8-3-1-6-20(22)16-21-7-2-4-9-23(21)26/h1-9,12-13,19,24,26H,10-11,14-18H2/p+1/t19?,24-,32?/m0/s1. The van der Waals surface area contributed by atoms with E-state index in [2.05, 4.69) is 39.6 Å². The normalized spacial score (nSPS) is 24.8. The summed E-state index contributed by atoms with van der Waals surface area (Å²) >= 11 is 0. The predicted molar refractivity (Wildman–Crippen MR) is 131 cm³/mol. The molecule has 2 bridgehead atoms. The number of rotatable bonds is 5. The number of nitrogens with one attached hydrogen (secondary N) is 1. The van der Waals surface area contributed by atoms with Crippen molar-refractivity contribution in [2.24, 2.45) is 5.92 Å². The first kappa shape index (κ1) is 21.9. The van der Waals surface area contributed by atoms with Crippen LogP contribution in [-0.4, -0.2) is 58.6 Å². The van der Waals surface area contributed by atoms with Crippen LogP contribution < -0.4 is 5.32 Å². The topological polar surface area (TPSA) is 81.2 Å². The molecule has 0 radical (unpaired) electrons. The van der Waals surface area contributed by atoms with Gasteiger partial charge in [-0.1, -0.05) is 48.5 Å². The van der Waals surface area contributed by atoms with Gasteiger partial charge in [0, 0.05) is 31.2 Å². The zero-order chi connectivity index (χ0) is 23.8. The van der Waals surface area contributed by atoms with Crippen LogP contribution in [0.1, 0.15) is 41.0 Å². The Morgan fingerprint density at radius 1 is 0.914 bits per heavy atom. The molecular formula is C28H29N4O3+. The minimum Gasteiger partial charge on any atom is -0.455 e. The molecule has 3 fully saturated rings. The van der Waals surface area contributed by atoms with Crippen LogP contribution in [0.3, 0.4) is 0 Å². The summed E-state index contributed by atoms with van der Waals surface area (Å²) in [4.78, 5) is 34.7. The van der Waals surface area contributed by atoms with Gasteiger partial charge in [0.05, 0.1) is 13.1 Å². The van der Waals surface area contributed by atoms with Crippen LogP contribution in [0.15, 0.2) is 67.0 Å². The van der Waals surface area contributed by atoms with E-state index in [0.29, 0.717) is 29.4 Å². The number of ether oxygens (including phenoxy) is 1. The van der Waals surface area contributed by atoms with Crippen molar-refractivity contribution >= 4 is 17.8 Å². The molecule has 0 unspecified atom stereocenters. The minimum absolute atomic E-state index is 0.100. The molecule has 7 nitrogen and oxygen atoms in total. The van der Waals surface area contributed by atoms with Crippen molar-refractivity contribution < 1.29 is 18.8 Å². The van der Waals surface area contributed by atoms with Crippen LogP contribution in [0.5, 0.6) is 0 Å². The van der Waals surface area contributed by atoms with Crippen molar-refractivity contribution in [1.82, 2.24) is 9.97 Å². The van der Waals surface area contributed by atoms with E-state index in [9.17, 15) is 9.59 Å². The molecular weight excluding hydrogens is 440 g/mol. The lowest BCUT2D eigenvalue weighted by Crippen LogP contribution is -2.66. The molecule has 0 saturated carbocycles. The molecule has 1 N–H and O–H groups in total. The van der Waals surface area contributed by atoms with Gasteiger partial charge in [-0.25, -0.2) is 9.97 Å². The van der Waals surface area contributed by atoms with Crippen LogP contribution >= 0.6 is 0 Å². The summed E-state index contributed by atoms with van der Waals surface area (Å²) in [7, 11) is 0. The molecule has 3 aromatic rings. The summed E-state index contributed by atoms with van der Waals surface area (Å²) in [6, 6.07) is 18.1. The molecule has 1 aromatic heterocycles. The maximum atomic E-state index is 13.7. The van der Waals surface area contributed by atoms with Gasteiger partial charge < -0.3 is 9.22 Å². The van der Waals surface area contributed by atoms with E-state index in [1.54, 1.807) is 18.5 Å². The summed E-state index contributed by atoms with van der Waals surface area (Å²) in [6.07, 6.45) is 5.81. The van der Waals surface area contributed by atoms with Gasteiger partial charge >= 0.3 is 5.97 Å². The van der Waals surface area contributed by atoms with Crippen molar-refractivity contribution in [2.75, 3.05) is 31.5 Å². The second-order valence-corrected chi connectivity index (χ2v) is 10.1. The molecule has 7 rings (SSSR count). The highest BCUT2D eigenvalue weighted by Crippen LogP contribution is 2.40. The average molecular weight is 470 g/mol. The number of esters is 1. The van der Waals surface area contributed by atoms with Gasteiger partial charge in [-0.3, -0.25) is 14.9 Å². The Balaban J connectivity index is 1.19. The van der Waals surface area contributed by atoms with E-state index in [-0.39, 0.29) is 18.0 Å².